The Morgan fingerprint density at radius 3 is 1.67 bits per heavy atom. The van der Waals surface area contributed by atoms with E-state index in [9.17, 15) is 4.79 Å². The van der Waals surface area contributed by atoms with Crippen LogP contribution in [-0.4, -0.2) is 11.1 Å². The van der Waals surface area contributed by atoms with Gasteiger partial charge in [-0.2, -0.15) is 0 Å². The first-order chi connectivity index (χ1) is 9.77. The van der Waals surface area contributed by atoms with E-state index in [1.165, 1.54) is 70.6 Å². The van der Waals surface area contributed by atoms with Crippen LogP contribution in [0, 0.1) is 0 Å². The summed E-state index contributed by atoms with van der Waals surface area (Å²) in [5.41, 5.74) is 0. The number of carboxylic acid groups (broad SMARTS) is 1. The fourth-order valence-corrected chi connectivity index (χ4v) is 2.35. The van der Waals surface area contributed by atoms with Gasteiger partial charge in [0.25, 0.3) is 0 Å². The molecule has 0 saturated carbocycles. The van der Waals surface area contributed by atoms with E-state index in [1.807, 2.05) is 0 Å². The van der Waals surface area contributed by atoms with Crippen molar-refractivity contribution in [2.45, 2.75) is 96.8 Å². The molecule has 0 aromatic heterocycles. The molecule has 0 heterocycles. The van der Waals surface area contributed by atoms with Gasteiger partial charge in [0, 0.05) is 27.5 Å². The summed E-state index contributed by atoms with van der Waals surface area (Å²) in [4.78, 5) is 10.3. The molecular weight excluding hydrogens is 443 g/mol. The molecule has 0 aromatic carbocycles. The van der Waals surface area contributed by atoms with Crippen LogP contribution in [0.3, 0.4) is 0 Å². The minimum atomic E-state index is -0.664. The summed E-state index contributed by atoms with van der Waals surface area (Å²) < 4.78 is 0. The molecule has 0 saturated heterocycles. The van der Waals surface area contributed by atoms with E-state index in [1.54, 1.807) is 0 Å². The molecule has 1 N–H and O–H groups in total. The molecule has 0 aromatic rings. The zero-order valence-corrected chi connectivity index (χ0v) is 16.0. The predicted octanol–water partition coefficient (Wildman–Crippen LogP) is 6.11. The third kappa shape index (κ3) is 22.3. The second-order valence-electron chi connectivity index (χ2n) is 5.73. The zero-order valence-electron chi connectivity index (χ0n) is 13.7. The quantitative estimate of drug-likeness (QED) is 0.228. The van der Waals surface area contributed by atoms with Crippen LogP contribution in [0.2, 0.25) is 0 Å². The molecule has 0 radical (unpaired) electrons. The summed E-state index contributed by atoms with van der Waals surface area (Å²) in [5, 5.41) is 8.51. The molecule has 0 unspecified atom stereocenters. The SMILES string of the molecule is CCCCCCCCC=CCCCCCCCC(=O)O.[Pt]. The maximum atomic E-state index is 10.3. The van der Waals surface area contributed by atoms with Crippen molar-refractivity contribution < 1.29 is 31.0 Å². The molecule has 0 atom stereocenters. The first-order valence-corrected chi connectivity index (χ1v) is 8.64. The van der Waals surface area contributed by atoms with Gasteiger partial charge >= 0.3 is 5.97 Å². The van der Waals surface area contributed by atoms with Crippen LogP contribution in [0.15, 0.2) is 12.2 Å². The normalized spacial score (nSPS) is 10.7. The standard InChI is InChI=1S/C18H34O2.Pt/c1-2-3-4-5-6-7-8-9-10-11-12-13-14-15-16-17-18(19)20;/h9-10H,2-8,11-17H2,1H3,(H,19,20);. The number of hydrogen-bond donors (Lipinski definition) is 1. The molecule has 21 heavy (non-hydrogen) atoms. The van der Waals surface area contributed by atoms with Gasteiger partial charge in [-0.25, -0.2) is 0 Å². The Balaban J connectivity index is 0. The van der Waals surface area contributed by atoms with Crippen LogP contribution in [0.1, 0.15) is 96.8 Å². The van der Waals surface area contributed by atoms with Crippen LogP contribution in [0.5, 0.6) is 0 Å². The van der Waals surface area contributed by atoms with E-state index in [0.717, 1.165) is 12.8 Å². The van der Waals surface area contributed by atoms with Crippen molar-refractivity contribution in [3.63, 3.8) is 0 Å². The van der Waals surface area contributed by atoms with Crippen LogP contribution in [0.4, 0.5) is 0 Å². The Hall–Kier alpha value is -0.102. The molecule has 0 aliphatic carbocycles. The minimum Gasteiger partial charge on any atom is -0.481 e. The van der Waals surface area contributed by atoms with Crippen molar-refractivity contribution in [2.24, 2.45) is 0 Å². The zero-order chi connectivity index (χ0) is 14.9. The fourth-order valence-electron chi connectivity index (χ4n) is 2.35. The molecule has 0 aliphatic heterocycles. The first kappa shape index (κ1) is 23.2. The monoisotopic (exact) mass is 477 g/mol. The Labute approximate surface area is 146 Å². The van der Waals surface area contributed by atoms with Crippen molar-refractivity contribution in [2.75, 3.05) is 0 Å². The predicted molar refractivity (Wildman–Crippen MR) is 87.1 cm³/mol. The van der Waals surface area contributed by atoms with Crippen molar-refractivity contribution in [1.82, 2.24) is 0 Å². The van der Waals surface area contributed by atoms with Gasteiger partial charge in [-0.05, 0) is 32.1 Å². The molecule has 0 rings (SSSR count). The average Bonchev–Trinajstić information content (AvgIpc) is 2.43. The van der Waals surface area contributed by atoms with Crippen molar-refractivity contribution in [3.05, 3.63) is 12.2 Å². The van der Waals surface area contributed by atoms with Crippen LogP contribution in [-0.2, 0) is 25.9 Å². The maximum Gasteiger partial charge on any atom is 0.303 e. The second kappa shape index (κ2) is 19.9. The van der Waals surface area contributed by atoms with Crippen LogP contribution >= 0.6 is 0 Å². The number of unbranched alkanes of at least 4 members (excludes halogenated alkanes) is 11. The first-order valence-electron chi connectivity index (χ1n) is 8.64. The van der Waals surface area contributed by atoms with Crippen LogP contribution < -0.4 is 0 Å². The Morgan fingerprint density at radius 1 is 0.762 bits per heavy atom. The van der Waals surface area contributed by atoms with E-state index in [0.29, 0.717) is 6.42 Å². The third-order valence-electron chi connectivity index (χ3n) is 3.65. The number of carbonyl (C=O) groups is 1. The summed E-state index contributed by atoms with van der Waals surface area (Å²) in [6, 6.07) is 0. The largest absolute Gasteiger partial charge is 0.481 e. The number of carboxylic acids is 1. The minimum absolute atomic E-state index is 0. The van der Waals surface area contributed by atoms with E-state index >= 15 is 0 Å². The van der Waals surface area contributed by atoms with E-state index in [2.05, 4.69) is 19.1 Å². The van der Waals surface area contributed by atoms with Crippen molar-refractivity contribution >= 4 is 5.97 Å². The van der Waals surface area contributed by atoms with Crippen LogP contribution in [0.25, 0.3) is 0 Å². The number of aliphatic carboxylic acids is 1. The van der Waals surface area contributed by atoms with Gasteiger partial charge in [0.1, 0.15) is 0 Å². The van der Waals surface area contributed by atoms with Gasteiger partial charge in [-0.3, -0.25) is 4.79 Å². The Morgan fingerprint density at radius 2 is 1.19 bits per heavy atom. The molecule has 0 spiro atoms. The van der Waals surface area contributed by atoms with E-state index < -0.39 is 5.97 Å². The Kier molecular flexibility index (Phi) is 22.0. The number of allylic oxidation sites excluding steroid dienone is 2. The summed E-state index contributed by atoms with van der Waals surface area (Å²) in [6.45, 7) is 2.26. The van der Waals surface area contributed by atoms with Crippen molar-refractivity contribution in [3.8, 4) is 0 Å². The van der Waals surface area contributed by atoms with Gasteiger partial charge in [0.05, 0.1) is 0 Å². The molecule has 0 bridgehead atoms. The fraction of sp³-hybridized carbons (Fsp3) is 0.833. The molecule has 0 fully saturated rings. The van der Waals surface area contributed by atoms with Crippen molar-refractivity contribution in [1.29, 1.82) is 0 Å². The second-order valence-corrected chi connectivity index (χ2v) is 5.73. The molecule has 128 valence electrons. The molecule has 0 aliphatic rings. The summed E-state index contributed by atoms with van der Waals surface area (Å²) in [7, 11) is 0. The Bertz CT molecular complexity index is 239. The molecular formula is C18H34O2Pt. The van der Waals surface area contributed by atoms with E-state index in [-0.39, 0.29) is 21.1 Å². The summed E-state index contributed by atoms with van der Waals surface area (Å²) in [5.74, 6) is -0.664. The topological polar surface area (TPSA) is 37.3 Å². The number of rotatable bonds is 15. The molecule has 2 nitrogen and oxygen atoms in total. The van der Waals surface area contributed by atoms with Gasteiger partial charge in [-0.1, -0.05) is 70.4 Å². The summed E-state index contributed by atoms with van der Waals surface area (Å²) in [6.07, 6.45) is 21.2. The van der Waals surface area contributed by atoms with Gasteiger partial charge in [-0.15, -0.1) is 0 Å². The van der Waals surface area contributed by atoms with E-state index in [4.69, 9.17) is 5.11 Å². The number of hydrogen-bond acceptors (Lipinski definition) is 1. The van der Waals surface area contributed by atoms with Gasteiger partial charge < -0.3 is 5.11 Å². The summed E-state index contributed by atoms with van der Waals surface area (Å²) >= 11 is 0. The molecule has 0 amide bonds. The van der Waals surface area contributed by atoms with Gasteiger partial charge in [0.15, 0.2) is 0 Å². The molecule has 3 heteroatoms. The van der Waals surface area contributed by atoms with Gasteiger partial charge in [0.2, 0.25) is 0 Å². The maximum absolute atomic E-state index is 10.3. The smallest absolute Gasteiger partial charge is 0.303 e. The third-order valence-corrected chi connectivity index (χ3v) is 3.65. The average molecular weight is 478 g/mol.